The molecule has 0 bridgehead atoms. The number of aromatic nitrogens is 3. The minimum Gasteiger partial charge on any atom is -0.368 e. The quantitative estimate of drug-likeness (QED) is 0.844. The van der Waals surface area contributed by atoms with Gasteiger partial charge in [-0.3, -0.25) is 14.0 Å². The van der Waals surface area contributed by atoms with Crippen molar-refractivity contribution in [3.63, 3.8) is 0 Å². The van der Waals surface area contributed by atoms with Crippen LogP contribution in [0.5, 0.6) is 0 Å². The van der Waals surface area contributed by atoms with Crippen LogP contribution in [-0.2, 0) is 21.2 Å². The highest BCUT2D eigenvalue weighted by Gasteiger charge is 2.29. The second kappa shape index (κ2) is 4.54. The van der Waals surface area contributed by atoms with E-state index in [4.69, 9.17) is 5.73 Å². The third kappa shape index (κ3) is 1.97. The third-order valence-corrected chi connectivity index (χ3v) is 4.86. The molecule has 9 heteroatoms. The van der Waals surface area contributed by atoms with Gasteiger partial charge in [0, 0.05) is 16.9 Å². The van der Waals surface area contributed by atoms with Gasteiger partial charge in [0.25, 0.3) is 5.56 Å². The van der Waals surface area contributed by atoms with Gasteiger partial charge in [-0.25, -0.2) is 13.1 Å². The Labute approximate surface area is 125 Å². The summed E-state index contributed by atoms with van der Waals surface area (Å²) >= 11 is 0. The van der Waals surface area contributed by atoms with E-state index >= 15 is 0 Å². The van der Waals surface area contributed by atoms with Gasteiger partial charge in [0.15, 0.2) is 5.03 Å². The summed E-state index contributed by atoms with van der Waals surface area (Å²) in [7, 11) is -3.59. The largest absolute Gasteiger partial charge is 0.368 e. The first-order valence-electron chi connectivity index (χ1n) is 6.60. The third-order valence-electron chi connectivity index (χ3n) is 3.41. The summed E-state index contributed by atoms with van der Waals surface area (Å²) in [4.78, 5) is 23.5. The summed E-state index contributed by atoms with van der Waals surface area (Å²) < 4.78 is 26.6. The molecule has 0 radical (unpaired) electrons. The van der Waals surface area contributed by atoms with E-state index in [9.17, 15) is 18.0 Å². The highest BCUT2D eigenvalue weighted by Crippen LogP contribution is 2.31. The molecule has 0 aromatic carbocycles. The van der Waals surface area contributed by atoms with Crippen molar-refractivity contribution in [3.8, 4) is 0 Å². The Kier molecular flexibility index (Phi) is 2.99. The number of rotatable bonds is 3. The van der Waals surface area contributed by atoms with Crippen LogP contribution in [0.1, 0.15) is 31.2 Å². The van der Waals surface area contributed by atoms with Crippen LogP contribution in [0.25, 0.3) is 11.6 Å². The lowest BCUT2D eigenvalue weighted by molar-refractivity contribution is -0.118. The molecule has 3 heterocycles. The average molecular weight is 322 g/mol. The maximum absolute atomic E-state index is 12.4. The molecule has 0 fully saturated rings. The Balaban J connectivity index is 2.47. The number of nitrogens with two attached hydrogens (primary N) is 1. The molecule has 1 aliphatic heterocycles. The smallest absolute Gasteiger partial charge is 0.291 e. The van der Waals surface area contributed by atoms with Crippen molar-refractivity contribution < 1.29 is 13.2 Å². The van der Waals surface area contributed by atoms with Gasteiger partial charge in [0.2, 0.25) is 15.7 Å². The van der Waals surface area contributed by atoms with Gasteiger partial charge in [-0.15, -0.1) is 0 Å². The van der Waals surface area contributed by atoms with Crippen LogP contribution in [0.4, 0.5) is 0 Å². The Hall–Kier alpha value is -2.42. The Bertz CT molecular complexity index is 995. The first-order valence-corrected chi connectivity index (χ1v) is 8.15. The van der Waals surface area contributed by atoms with Crippen molar-refractivity contribution in [1.29, 1.82) is 0 Å². The summed E-state index contributed by atoms with van der Waals surface area (Å²) in [6.45, 7) is 3.29. The van der Waals surface area contributed by atoms with E-state index in [1.165, 1.54) is 16.5 Å². The monoisotopic (exact) mass is 322 g/mol. The Morgan fingerprint density at radius 3 is 2.68 bits per heavy atom. The molecule has 0 saturated heterocycles. The van der Waals surface area contributed by atoms with Gasteiger partial charge in [0.05, 0.1) is 0 Å². The van der Waals surface area contributed by atoms with Crippen molar-refractivity contribution in [2.24, 2.45) is 5.73 Å². The van der Waals surface area contributed by atoms with Gasteiger partial charge >= 0.3 is 0 Å². The predicted molar refractivity (Wildman–Crippen MR) is 79.0 cm³/mol. The number of sulfone groups is 1. The number of primary amides is 1. The normalized spacial score (nSPS) is 15.6. The molecule has 1 amide bonds. The first kappa shape index (κ1) is 14.5. The minimum absolute atomic E-state index is 0.0435. The predicted octanol–water partition coefficient (Wildman–Crippen LogP) is -0.137. The van der Waals surface area contributed by atoms with Crippen molar-refractivity contribution in [3.05, 3.63) is 33.2 Å². The molecule has 0 atom stereocenters. The van der Waals surface area contributed by atoms with Crippen LogP contribution < -0.4 is 11.3 Å². The number of hydrogen-bond acceptors (Lipinski definition) is 5. The van der Waals surface area contributed by atoms with E-state index in [0.29, 0.717) is 11.4 Å². The Morgan fingerprint density at radius 2 is 2.09 bits per heavy atom. The molecule has 116 valence electrons. The minimum atomic E-state index is -3.59. The molecule has 2 aromatic rings. The molecule has 1 aliphatic rings. The zero-order chi connectivity index (χ0) is 16.2. The lowest BCUT2D eigenvalue weighted by Crippen LogP contribution is -2.33. The SMILES string of the molecule is CC(C)c1nn(CC(N)=O)c(=O)c2cc3c(n12)S(=O)(=O)C=C3. The second-order valence-corrected chi connectivity index (χ2v) is 7.16. The van der Waals surface area contributed by atoms with Crippen LogP contribution in [0, 0.1) is 0 Å². The van der Waals surface area contributed by atoms with Crippen LogP contribution in [0.15, 0.2) is 21.3 Å². The average Bonchev–Trinajstić information content (AvgIpc) is 2.91. The molecule has 0 unspecified atom stereocenters. The number of carbonyl (C=O) groups excluding carboxylic acids is 1. The highest BCUT2D eigenvalue weighted by molar-refractivity contribution is 7.94. The van der Waals surface area contributed by atoms with Gasteiger partial charge in [-0.2, -0.15) is 5.10 Å². The lowest BCUT2D eigenvalue weighted by Gasteiger charge is -2.13. The highest BCUT2D eigenvalue weighted by atomic mass is 32.2. The molecule has 22 heavy (non-hydrogen) atoms. The fourth-order valence-electron chi connectivity index (χ4n) is 2.51. The first-order chi connectivity index (χ1) is 10.2. The fourth-order valence-corrected chi connectivity index (χ4v) is 3.87. The van der Waals surface area contributed by atoms with Crippen molar-refractivity contribution in [2.75, 3.05) is 0 Å². The summed E-state index contributed by atoms with van der Waals surface area (Å²) in [6, 6.07) is 1.49. The number of fused-ring (bicyclic) bond motifs is 3. The van der Waals surface area contributed by atoms with Gasteiger partial charge in [0.1, 0.15) is 17.9 Å². The van der Waals surface area contributed by atoms with Crippen LogP contribution in [0.2, 0.25) is 0 Å². The molecular weight excluding hydrogens is 308 g/mol. The van der Waals surface area contributed by atoms with Crippen molar-refractivity contribution in [1.82, 2.24) is 14.2 Å². The summed E-state index contributed by atoms with van der Waals surface area (Å²) in [5, 5.41) is 5.27. The van der Waals surface area contributed by atoms with Gasteiger partial charge in [-0.1, -0.05) is 13.8 Å². The zero-order valence-electron chi connectivity index (χ0n) is 12.0. The number of nitrogens with zero attached hydrogens (tertiary/aromatic N) is 3. The topological polar surface area (TPSA) is 117 Å². The van der Waals surface area contributed by atoms with E-state index in [1.807, 2.05) is 13.8 Å². The molecule has 8 nitrogen and oxygen atoms in total. The van der Waals surface area contributed by atoms with E-state index in [-0.39, 0.29) is 23.0 Å². The van der Waals surface area contributed by atoms with Crippen LogP contribution >= 0.6 is 0 Å². The maximum Gasteiger partial charge on any atom is 0.291 e. The molecule has 3 rings (SSSR count). The lowest BCUT2D eigenvalue weighted by atomic mass is 10.2. The molecule has 0 saturated carbocycles. The van der Waals surface area contributed by atoms with Crippen molar-refractivity contribution in [2.45, 2.75) is 31.3 Å². The fraction of sp³-hybridized carbons (Fsp3) is 0.308. The summed E-state index contributed by atoms with van der Waals surface area (Å²) in [5.41, 5.74) is 5.18. The van der Waals surface area contributed by atoms with Crippen LogP contribution in [-0.4, -0.2) is 28.5 Å². The summed E-state index contributed by atoms with van der Waals surface area (Å²) in [5.74, 6) is -0.473. The number of hydrogen-bond donors (Lipinski definition) is 1. The zero-order valence-corrected chi connectivity index (χ0v) is 12.8. The molecular formula is C13H14N4O4S. The number of carbonyl (C=O) groups is 1. The van der Waals surface area contributed by atoms with Gasteiger partial charge < -0.3 is 5.73 Å². The van der Waals surface area contributed by atoms with E-state index in [0.717, 1.165) is 10.1 Å². The summed E-state index contributed by atoms with van der Waals surface area (Å²) in [6.07, 6.45) is 1.44. The molecule has 0 aliphatic carbocycles. The van der Waals surface area contributed by atoms with Gasteiger partial charge in [-0.05, 0) is 12.1 Å². The van der Waals surface area contributed by atoms with E-state index in [1.54, 1.807) is 0 Å². The molecule has 0 spiro atoms. The van der Waals surface area contributed by atoms with Crippen molar-refractivity contribution >= 4 is 27.3 Å². The second-order valence-electron chi connectivity index (χ2n) is 5.42. The molecule has 2 aromatic heterocycles. The van der Waals surface area contributed by atoms with E-state index < -0.39 is 21.3 Å². The maximum atomic E-state index is 12.4. The van der Waals surface area contributed by atoms with E-state index in [2.05, 4.69) is 5.10 Å². The number of amides is 1. The molecule has 2 N–H and O–H groups in total. The standard InChI is InChI=1S/C13H14N4O4S/c1-7(2)11-15-16(6-10(14)18)12(19)9-5-8-3-4-22(20,21)13(8)17(9)11/h3-5,7H,6H2,1-2H3,(H2,14,18). The van der Waals surface area contributed by atoms with Crippen LogP contribution in [0.3, 0.4) is 0 Å². The Morgan fingerprint density at radius 1 is 1.41 bits per heavy atom.